The van der Waals surface area contributed by atoms with Crippen LogP contribution in [-0.4, -0.2) is 18.6 Å². The van der Waals surface area contributed by atoms with Crippen LogP contribution in [0.3, 0.4) is 0 Å². The van der Waals surface area contributed by atoms with Gasteiger partial charge in [-0.25, -0.2) is 0 Å². The molecule has 102 valence electrons. The summed E-state index contributed by atoms with van der Waals surface area (Å²) in [5.74, 6) is 0. The fourth-order valence-electron chi connectivity index (χ4n) is 2.05. The van der Waals surface area contributed by atoms with Crippen LogP contribution >= 0.6 is 0 Å². The van der Waals surface area contributed by atoms with Gasteiger partial charge in [0, 0.05) is 5.54 Å². The predicted octanol–water partition coefficient (Wildman–Crippen LogP) is 2.87. The lowest BCUT2D eigenvalue weighted by Crippen LogP contribution is -2.36. The Bertz CT molecular complexity index is 389. The molecule has 1 aromatic rings. The van der Waals surface area contributed by atoms with Crippen LogP contribution in [-0.2, 0) is 6.42 Å². The molecule has 0 aliphatic rings. The first-order valence-corrected chi connectivity index (χ1v) is 6.86. The highest BCUT2D eigenvalue weighted by atomic mass is 14.9. The SMILES string of the molecule is Cc1cc(C)c(CCNCCC(C)(C)N)cc1C. The van der Waals surface area contributed by atoms with Crippen LogP contribution in [0.5, 0.6) is 0 Å². The van der Waals surface area contributed by atoms with E-state index in [0.717, 1.165) is 25.9 Å². The molecule has 0 aliphatic heterocycles. The van der Waals surface area contributed by atoms with Crippen LogP contribution in [0.2, 0.25) is 0 Å². The normalized spacial score (nSPS) is 11.9. The van der Waals surface area contributed by atoms with Crippen LogP contribution in [0.4, 0.5) is 0 Å². The molecule has 2 heteroatoms. The van der Waals surface area contributed by atoms with E-state index in [1.807, 2.05) is 0 Å². The van der Waals surface area contributed by atoms with E-state index < -0.39 is 0 Å². The van der Waals surface area contributed by atoms with E-state index in [1.165, 1.54) is 22.3 Å². The summed E-state index contributed by atoms with van der Waals surface area (Å²) in [6.07, 6.45) is 2.11. The summed E-state index contributed by atoms with van der Waals surface area (Å²) >= 11 is 0. The number of benzene rings is 1. The van der Waals surface area contributed by atoms with Crippen LogP contribution in [0.25, 0.3) is 0 Å². The van der Waals surface area contributed by atoms with E-state index >= 15 is 0 Å². The molecule has 0 spiro atoms. The van der Waals surface area contributed by atoms with Crippen LogP contribution in [0.15, 0.2) is 12.1 Å². The maximum absolute atomic E-state index is 5.95. The molecule has 0 atom stereocenters. The number of aryl methyl sites for hydroxylation is 3. The predicted molar refractivity (Wildman–Crippen MR) is 80.1 cm³/mol. The van der Waals surface area contributed by atoms with Crippen molar-refractivity contribution >= 4 is 0 Å². The molecule has 0 aliphatic carbocycles. The summed E-state index contributed by atoms with van der Waals surface area (Å²) < 4.78 is 0. The quantitative estimate of drug-likeness (QED) is 0.760. The smallest absolute Gasteiger partial charge is 0.0109 e. The van der Waals surface area contributed by atoms with Crippen LogP contribution < -0.4 is 11.1 Å². The first kappa shape index (κ1) is 15.2. The lowest BCUT2D eigenvalue weighted by atomic mass is 9.98. The summed E-state index contributed by atoms with van der Waals surface area (Å²) in [6.45, 7) is 12.7. The summed E-state index contributed by atoms with van der Waals surface area (Å²) in [6, 6.07) is 4.60. The molecular weight excluding hydrogens is 220 g/mol. The summed E-state index contributed by atoms with van der Waals surface area (Å²) in [5, 5.41) is 3.47. The van der Waals surface area contributed by atoms with Crippen molar-refractivity contribution in [3.63, 3.8) is 0 Å². The second-order valence-electron chi connectivity index (χ2n) is 6.10. The number of nitrogens with two attached hydrogens (primary N) is 1. The van der Waals surface area contributed by atoms with E-state index in [9.17, 15) is 0 Å². The van der Waals surface area contributed by atoms with Gasteiger partial charge < -0.3 is 11.1 Å². The Morgan fingerprint density at radius 1 is 1.00 bits per heavy atom. The average Bonchev–Trinajstić information content (AvgIpc) is 2.23. The third-order valence-electron chi connectivity index (χ3n) is 3.47. The maximum Gasteiger partial charge on any atom is 0.0109 e. The molecule has 1 aromatic carbocycles. The van der Waals surface area contributed by atoms with Gasteiger partial charge in [0.05, 0.1) is 0 Å². The van der Waals surface area contributed by atoms with Gasteiger partial charge in [-0.05, 0) is 82.8 Å². The summed E-state index contributed by atoms with van der Waals surface area (Å²) in [7, 11) is 0. The maximum atomic E-state index is 5.95. The minimum Gasteiger partial charge on any atom is -0.326 e. The Labute approximate surface area is 112 Å². The minimum atomic E-state index is -0.0661. The molecule has 1 rings (SSSR count). The van der Waals surface area contributed by atoms with Crippen molar-refractivity contribution in [2.45, 2.75) is 53.0 Å². The first-order chi connectivity index (χ1) is 8.29. The van der Waals surface area contributed by atoms with Gasteiger partial charge >= 0.3 is 0 Å². The number of nitrogens with one attached hydrogen (secondary N) is 1. The zero-order valence-corrected chi connectivity index (χ0v) is 12.6. The van der Waals surface area contributed by atoms with E-state index in [1.54, 1.807) is 0 Å². The third-order valence-corrected chi connectivity index (χ3v) is 3.47. The molecule has 3 N–H and O–H groups in total. The Morgan fingerprint density at radius 3 is 2.22 bits per heavy atom. The van der Waals surface area contributed by atoms with Gasteiger partial charge in [0.25, 0.3) is 0 Å². The Hall–Kier alpha value is -0.860. The highest BCUT2D eigenvalue weighted by Gasteiger charge is 2.09. The van der Waals surface area contributed by atoms with Crippen molar-refractivity contribution in [2.24, 2.45) is 5.73 Å². The van der Waals surface area contributed by atoms with E-state index in [4.69, 9.17) is 5.73 Å². The molecule has 0 radical (unpaired) electrons. The number of hydrogen-bond acceptors (Lipinski definition) is 2. The van der Waals surface area contributed by atoms with Crippen molar-refractivity contribution in [3.8, 4) is 0 Å². The van der Waals surface area contributed by atoms with Crippen LogP contribution in [0, 0.1) is 20.8 Å². The molecule has 0 fully saturated rings. The average molecular weight is 248 g/mol. The molecule has 0 saturated carbocycles. The van der Waals surface area contributed by atoms with Gasteiger partial charge in [-0.15, -0.1) is 0 Å². The van der Waals surface area contributed by atoms with Gasteiger partial charge in [-0.1, -0.05) is 12.1 Å². The standard InChI is InChI=1S/C16H28N2/c1-12-10-14(3)15(11-13(12)2)6-8-18-9-7-16(4,5)17/h10-11,18H,6-9,17H2,1-5H3. The van der Waals surface area contributed by atoms with E-state index in [0.29, 0.717) is 0 Å². The largest absolute Gasteiger partial charge is 0.326 e. The molecule has 0 heterocycles. The van der Waals surface area contributed by atoms with Crippen molar-refractivity contribution in [2.75, 3.05) is 13.1 Å². The molecule has 0 bridgehead atoms. The first-order valence-electron chi connectivity index (χ1n) is 6.86. The van der Waals surface area contributed by atoms with E-state index in [2.05, 4.69) is 52.1 Å². The van der Waals surface area contributed by atoms with Crippen molar-refractivity contribution < 1.29 is 0 Å². The van der Waals surface area contributed by atoms with Gasteiger partial charge in [0.15, 0.2) is 0 Å². The molecule has 2 nitrogen and oxygen atoms in total. The monoisotopic (exact) mass is 248 g/mol. The van der Waals surface area contributed by atoms with Crippen molar-refractivity contribution in [1.82, 2.24) is 5.32 Å². The Morgan fingerprint density at radius 2 is 1.61 bits per heavy atom. The van der Waals surface area contributed by atoms with E-state index in [-0.39, 0.29) is 5.54 Å². The lowest BCUT2D eigenvalue weighted by molar-refractivity contribution is 0.456. The molecule has 18 heavy (non-hydrogen) atoms. The van der Waals surface area contributed by atoms with Gasteiger partial charge in [0.2, 0.25) is 0 Å². The van der Waals surface area contributed by atoms with Crippen LogP contribution in [0.1, 0.15) is 42.5 Å². The fraction of sp³-hybridized carbons (Fsp3) is 0.625. The summed E-state index contributed by atoms with van der Waals surface area (Å²) in [4.78, 5) is 0. The zero-order valence-electron chi connectivity index (χ0n) is 12.6. The van der Waals surface area contributed by atoms with Crippen molar-refractivity contribution in [1.29, 1.82) is 0 Å². The minimum absolute atomic E-state index is 0.0661. The van der Waals surface area contributed by atoms with Gasteiger partial charge in [-0.2, -0.15) is 0 Å². The molecular formula is C16H28N2. The third kappa shape index (κ3) is 5.19. The number of rotatable bonds is 6. The number of hydrogen-bond donors (Lipinski definition) is 2. The Kier molecular flexibility index (Phi) is 5.36. The zero-order chi connectivity index (χ0) is 13.8. The highest BCUT2D eigenvalue weighted by Crippen LogP contribution is 2.15. The van der Waals surface area contributed by atoms with Gasteiger partial charge in [-0.3, -0.25) is 0 Å². The second-order valence-corrected chi connectivity index (χ2v) is 6.10. The Balaban J connectivity index is 2.38. The molecule has 0 saturated heterocycles. The lowest BCUT2D eigenvalue weighted by Gasteiger charge is -2.18. The summed E-state index contributed by atoms with van der Waals surface area (Å²) in [5.41, 5.74) is 11.5. The molecule has 0 amide bonds. The molecule has 0 aromatic heterocycles. The van der Waals surface area contributed by atoms with Gasteiger partial charge in [0.1, 0.15) is 0 Å². The molecule has 0 unspecified atom stereocenters. The highest BCUT2D eigenvalue weighted by molar-refractivity contribution is 5.36. The van der Waals surface area contributed by atoms with Crippen molar-refractivity contribution in [3.05, 3.63) is 34.4 Å². The second kappa shape index (κ2) is 6.35. The topological polar surface area (TPSA) is 38.0 Å². The fourth-order valence-corrected chi connectivity index (χ4v) is 2.05.